The van der Waals surface area contributed by atoms with Crippen molar-refractivity contribution in [3.05, 3.63) is 23.5 Å². The zero-order valence-corrected chi connectivity index (χ0v) is 11.4. The number of nitrogens with zero attached hydrogens (tertiary/aromatic N) is 3. The molecule has 0 aliphatic heterocycles. The van der Waals surface area contributed by atoms with Crippen LogP contribution in [0.3, 0.4) is 0 Å². The smallest absolute Gasteiger partial charge is 0.157 e. The number of fused-ring (bicyclic) bond motifs is 1. The maximum Gasteiger partial charge on any atom is 0.157 e. The minimum absolute atomic E-state index is 0.656. The molecule has 1 aliphatic carbocycles. The third-order valence-corrected chi connectivity index (χ3v) is 3.54. The summed E-state index contributed by atoms with van der Waals surface area (Å²) in [5, 5.41) is 8.11. The summed E-state index contributed by atoms with van der Waals surface area (Å²) in [6.45, 7) is 3.70. The van der Waals surface area contributed by atoms with E-state index in [9.17, 15) is 0 Å². The van der Waals surface area contributed by atoms with E-state index < -0.39 is 0 Å². The molecule has 2 aromatic rings. The number of nitrogens with two attached hydrogens (primary N) is 1. The molecule has 0 atom stereocenters. The van der Waals surface area contributed by atoms with Crippen LogP contribution in [-0.4, -0.2) is 27.7 Å². The maximum absolute atomic E-state index is 5.54. The predicted octanol–water partition coefficient (Wildman–Crippen LogP) is 1.93. The number of anilines is 1. The number of aryl methyl sites for hydroxylation is 1. The van der Waals surface area contributed by atoms with Crippen molar-refractivity contribution in [2.24, 2.45) is 5.73 Å². The molecule has 1 fully saturated rings. The summed E-state index contributed by atoms with van der Waals surface area (Å²) in [7, 11) is 0. The zero-order chi connectivity index (χ0) is 13.2. The van der Waals surface area contributed by atoms with Crippen LogP contribution in [-0.2, 0) is 6.42 Å². The largest absolute Gasteiger partial charge is 0.370 e. The average Bonchev–Trinajstić information content (AvgIpc) is 3.18. The molecule has 0 radical (unpaired) electrons. The number of hydrogen-bond acceptors (Lipinski definition) is 4. The van der Waals surface area contributed by atoms with Crippen LogP contribution in [0.1, 0.15) is 43.5 Å². The standard InChI is InChI=1S/C14H21N5/c1-2-11-8-13(16-7-3-6-15)19-14(17-11)9-12(18-19)10-4-5-10/h8-10,16H,2-7,15H2,1H3. The molecule has 102 valence electrons. The number of hydrogen-bond donors (Lipinski definition) is 2. The number of aromatic nitrogens is 3. The van der Waals surface area contributed by atoms with E-state index in [0.717, 1.165) is 36.5 Å². The monoisotopic (exact) mass is 259 g/mol. The van der Waals surface area contributed by atoms with Gasteiger partial charge in [-0.1, -0.05) is 6.92 Å². The summed E-state index contributed by atoms with van der Waals surface area (Å²) in [5.74, 6) is 1.69. The van der Waals surface area contributed by atoms with Crippen LogP contribution in [0, 0.1) is 0 Å². The summed E-state index contributed by atoms with van der Waals surface area (Å²) < 4.78 is 1.93. The molecular formula is C14H21N5. The molecule has 1 aliphatic rings. The molecule has 3 rings (SSSR count). The number of rotatable bonds is 6. The van der Waals surface area contributed by atoms with E-state index in [1.807, 2.05) is 4.52 Å². The molecule has 1 saturated carbocycles. The van der Waals surface area contributed by atoms with Crippen LogP contribution < -0.4 is 11.1 Å². The van der Waals surface area contributed by atoms with Crippen LogP contribution in [0.5, 0.6) is 0 Å². The first-order valence-corrected chi connectivity index (χ1v) is 7.15. The Morgan fingerprint density at radius 1 is 1.42 bits per heavy atom. The molecule has 0 spiro atoms. The zero-order valence-electron chi connectivity index (χ0n) is 11.4. The molecule has 0 aromatic carbocycles. The van der Waals surface area contributed by atoms with Crippen molar-refractivity contribution in [1.29, 1.82) is 0 Å². The van der Waals surface area contributed by atoms with Gasteiger partial charge >= 0.3 is 0 Å². The SMILES string of the molecule is CCc1cc(NCCCN)n2nc(C3CC3)cc2n1. The molecule has 0 saturated heterocycles. The van der Waals surface area contributed by atoms with Gasteiger partial charge in [0.15, 0.2) is 5.65 Å². The third-order valence-electron chi connectivity index (χ3n) is 3.54. The topological polar surface area (TPSA) is 68.2 Å². The second kappa shape index (κ2) is 5.17. The average molecular weight is 259 g/mol. The minimum atomic E-state index is 0.656. The molecule has 0 bridgehead atoms. The van der Waals surface area contributed by atoms with Crippen molar-refractivity contribution in [2.75, 3.05) is 18.4 Å². The fraction of sp³-hybridized carbons (Fsp3) is 0.571. The van der Waals surface area contributed by atoms with Crippen LogP contribution >= 0.6 is 0 Å². The molecule has 2 heterocycles. The summed E-state index contributed by atoms with van der Waals surface area (Å²) >= 11 is 0. The van der Waals surface area contributed by atoms with E-state index >= 15 is 0 Å². The predicted molar refractivity (Wildman–Crippen MR) is 76.5 cm³/mol. The summed E-state index contributed by atoms with van der Waals surface area (Å²) in [6, 6.07) is 4.22. The fourth-order valence-corrected chi connectivity index (χ4v) is 2.25. The van der Waals surface area contributed by atoms with Crippen LogP contribution in [0.25, 0.3) is 5.65 Å². The summed E-state index contributed by atoms with van der Waals surface area (Å²) in [5.41, 5.74) is 8.78. The lowest BCUT2D eigenvalue weighted by Crippen LogP contribution is -2.12. The highest BCUT2D eigenvalue weighted by molar-refractivity contribution is 5.51. The van der Waals surface area contributed by atoms with Crippen LogP contribution in [0.15, 0.2) is 12.1 Å². The first-order valence-electron chi connectivity index (χ1n) is 7.15. The van der Waals surface area contributed by atoms with E-state index in [-0.39, 0.29) is 0 Å². The second-order valence-electron chi connectivity index (χ2n) is 5.17. The lowest BCUT2D eigenvalue weighted by Gasteiger charge is -2.09. The Hall–Kier alpha value is -1.62. The van der Waals surface area contributed by atoms with Gasteiger partial charge < -0.3 is 11.1 Å². The maximum atomic E-state index is 5.54. The Morgan fingerprint density at radius 3 is 2.95 bits per heavy atom. The van der Waals surface area contributed by atoms with Gasteiger partial charge in [-0.15, -0.1) is 0 Å². The highest BCUT2D eigenvalue weighted by Gasteiger charge is 2.27. The lowest BCUT2D eigenvalue weighted by atomic mass is 10.3. The molecular weight excluding hydrogens is 238 g/mol. The molecule has 19 heavy (non-hydrogen) atoms. The van der Waals surface area contributed by atoms with Crippen molar-refractivity contribution in [1.82, 2.24) is 14.6 Å². The van der Waals surface area contributed by atoms with Gasteiger partial charge in [0.2, 0.25) is 0 Å². The molecule has 5 nitrogen and oxygen atoms in total. The van der Waals surface area contributed by atoms with Crippen molar-refractivity contribution < 1.29 is 0 Å². The van der Waals surface area contributed by atoms with Gasteiger partial charge in [0, 0.05) is 30.3 Å². The van der Waals surface area contributed by atoms with E-state index in [1.165, 1.54) is 18.5 Å². The molecule has 2 aromatic heterocycles. The quantitative estimate of drug-likeness (QED) is 0.778. The molecule has 0 amide bonds. The molecule has 3 N–H and O–H groups in total. The van der Waals surface area contributed by atoms with Gasteiger partial charge in [0.25, 0.3) is 0 Å². The summed E-state index contributed by atoms with van der Waals surface area (Å²) in [4.78, 5) is 4.65. The molecule has 0 unspecified atom stereocenters. The van der Waals surface area contributed by atoms with Gasteiger partial charge in [-0.2, -0.15) is 9.61 Å². The van der Waals surface area contributed by atoms with Crippen LogP contribution in [0.2, 0.25) is 0 Å². The Kier molecular flexibility index (Phi) is 3.38. The minimum Gasteiger partial charge on any atom is -0.370 e. The van der Waals surface area contributed by atoms with Gasteiger partial charge in [-0.3, -0.25) is 0 Å². The van der Waals surface area contributed by atoms with Gasteiger partial charge in [-0.25, -0.2) is 4.98 Å². The van der Waals surface area contributed by atoms with Gasteiger partial charge in [-0.05, 0) is 32.2 Å². The van der Waals surface area contributed by atoms with E-state index in [1.54, 1.807) is 0 Å². The Labute approximate surface area is 113 Å². The number of nitrogens with one attached hydrogen (secondary N) is 1. The Morgan fingerprint density at radius 2 is 2.26 bits per heavy atom. The second-order valence-corrected chi connectivity index (χ2v) is 5.17. The fourth-order valence-electron chi connectivity index (χ4n) is 2.25. The normalized spacial score (nSPS) is 15.1. The Balaban J connectivity index is 1.95. The molecule has 5 heteroatoms. The first kappa shape index (κ1) is 12.4. The van der Waals surface area contributed by atoms with Crippen LogP contribution in [0.4, 0.5) is 5.82 Å². The van der Waals surface area contributed by atoms with Crippen molar-refractivity contribution >= 4 is 11.5 Å². The van der Waals surface area contributed by atoms with Crippen molar-refractivity contribution in [2.45, 2.75) is 38.5 Å². The highest BCUT2D eigenvalue weighted by atomic mass is 15.3. The highest BCUT2D eigenvalue weighted by Crippen LogP contribution is 2.39. The van der Waals surface area contributed by atoms with Gasteiger partial charge in [0.05, 0.1) is 5.69 Å². The van der Waals surface area contributed by atoms with E-state index in [0.29, 0.717) is 12.5 Å². The van der Waals surface area contributed by atoms with Crippen molar-refractivity contribution in [3.8, 4) is 0 Å². The Bertz CT molecular complexity index is 570. The lowest BCUT2D eigenvalue weighted by molar-refractivity contribution is 0.835. The van der Waals surface area contributed by atoms with Gasteiger partial charge in [0.1, 0.15) is 5.82 Å². The first-order chi connectivity index (χ1) is 9.31. The third kappa shape index (κ3) is 2.56. The van der Waals surface area contributed by atoms with Crippen molar-refractivity contribution in [3.63, 3.8) is 0 Å². The van der Waals surface area contributed by atoms with E-state index in [4.69, 9.17) is 5.73 Å². The summed E-state index contributed by atoms with van der Waals surface area (Å²) in [6.07, 6.45) is 4.43. The van der Waals surface area contributed by atoms with E-state index in [2.05, 4.69) is 34.5 Å².